The average Bonchev–Trinajstić information content (AvgIpc) is 3.57. The lowest BCUT2D eigenvalue weighted by Gasteiger charge is -2.11. The molecule has 4 N–H and O–H groups in total. The molecule has 11 heteroatoms. The maximum atomic E-state index is 12.4. The van der Waals surface area contributed by atoms with Crippen LogP contribution in [0, 0.1) is 0 Å². The Balaban J connectivity index is 1.36. The van der Waals surface area contributed by atoms with Crippen LogP contribution in [0.15, 0.2) is 72.0 Å². The molecule has 2 aromatic carbocycles. The molecule has 0 aliphatic rings. The maximum Gasteiger partial charge on any atom is 0.314 e. The monoisotopic (exact) mass is 460 g/mol. The number of nitrogens with zero attached hydrogens (tertiary/aromatic N) is 2. The minimum Gasteiger partial charge on any atom is -0.496 e. The number of ether oxygens (including phenoxy) is 1. The number of benzene rings is 2. The number of H-pyrrole nitrogens is 1. The number of carbonyl (C=O) groups is 3. The Morgan fingerprint density at radius 2 is 1.79 bits per heavy atom. The molecule has 11 nitrogen and oxygen atoms in total. The lowest BCUT2D eigenvalue weighted by molar-refractivity contribution is -0.132. The van der Waals surface area contributed by atoms with Crippen LogP contribution in [0.5, 0.6) is 5.75 Å². The molecule has 0 fully saturated rings. The number of methoxy groups -OCH3 is 1. The quantitative estimate of drug-likeness (QED) is 0.309. The number of imidazole rings is 1. The second kappa shape index (κ2) is 10.1. The van der Waals surface area contributed by atoms with Gasteiger partial charge in [-0.3, -0.25) is 14.4 Å². The second-order valence-corrected chi connectivity index (χ2v) is 7.04. The zero-order valence-electron chi connectivity index (χ0n) is 18.0. The molecule has 0 atom stereocenters. The predicted molar refractivity (Wildman–Crippen MR) is 122 cm³/mol. The number of oxazole rings is 1. The Bertz CT molecular complexity index is 1300. The molecule has 0 unspecified atom stereocenters. The smallest absolute Gasteiger partial charge is 0.314 e. The summed E-state index contributed by atoms with van der Waals surface area (Å²) in [4.78, 5) is 47.2. The largest absolute Gasteiger partial charge is 0.496 e. The van der Waals surface area contributed by atoms with Gasteiger partial charge in [0.2, 0.25) is 0 Å². The van der Waals surface area contributed by atoms with Crippen LogP contribution in [-0.4, -0.2) is 39.8 Å². The van der Waals surface area contributed by atoms with E-state index in [1.54, 1.807) is 48.7 Å². The molecule has 0 spiro atoms. The summed E-state index contributed by atoms with van der Waals surface area (Å²) >= 11 is 0. The number of hydrogen-bond donors (Lipinski definition) is 4. The van der Waals surface area contributed by atoms with E-state index in [4.69, 9.17) is 9.15 Å². The van der Waals surface area contributed by atoms with E-state index in [2.05, 4.69) is 30.9 Å². The molecule has 0 saturated heterocycles. The molecule has 0 bridgehead atoms. The van der Waals surface area contributed by atoms with Gasteiger partial charge in [-0.25, -0.2) is 9.97 Å². The Morgan fingerprint density at radius 1 is 1.00 bits per heavy atom. The number of anilines is 2. The van der Waals surface area contributed by atoms with Gasteiger partial charge in [-0.2, -0.15) is 0 Å². The average molecular weight is 460 g/mol. The zero-order chi connectivity index (χ0) is 23.9. The summed E-state index contributed by atoms with van der Waals surface area (Å²) < 4.78 is 10.6. The van der Waals surface area contributed by atoms with Crippen molar-refractivity contribution in [2.45, 2.75) is 6.54 Å². The van der Waals surface area contributed by atoms with Crippen LogP contribution in [-0.2, 0) is 16.1 Å². The molecule has 0 radical (unpaired) electrons. The maximum absolute atomic E-state index is 12.4. The highest BCUT2D eigenvalue weighted by Gasteiger charge is 2.16. The van der Waals surface area contributed by atoms with Gasteiger partial charge in [-0.1, -0.05) is 12.1 Å². The SMILES string of the molecule is COc1cc(NC(=O)C(=O)Nc2cccc(CNC(=O)c3cnc[nH]3)c2)ccc1-c1cnco1. The van der Waals surface area contributed by atoms with Crippen molar-refractivity contribution in [1.82, 2.24) is 20.3 Å². The molecule has 4 rings (SSSR count). The first kappa shape index (κ1) is 22.3. The van der Waals surface area contributed by atoms with Gasteiger partial charge in [-0.15, -0.1) is 0 Å². The molecule has 2 aromatic heterocycles. The summed E-state index contributed by atoms with van der Waals surface area (Å²) in [6, 6.07) is 11.7. The fraction of sp³-hybridized carbons (Fsp3) is 0.0870. The third-order valence-corrected chi connectivity index (χ3v) is 4.74. The first-order valence-corrected chi connectivity index (χ1v) is 10.1. The van der Waals surface area contributed by atoms with Gasteiger partial charge < -0.3 is 30.1 Å². The molecule has 0 aliphatic carbocycles. The van der Waals surface area contributed by atoms with Crippen LogP contribution in [0.4, 0.5) is 11.4 Å². The van der Waals surface area contributed by atoms with Crippen molar-refractivity contribution in [3.63, 3.8) is 0 Å². The second-order valence-electron chi connectivity index (χ2n) is 7.04. The topological polar surface area (TPSA) is 151 Å². The number of rotatable bonds is 7. The van der Waals surface area contributed by atoms with Gasteiger partial charge >= 0.3 is 11.8 Å². The summed E-state index contributed by atoms with van der Waals surface area (Å²) in [5, 5.41) is 7.82. The molecule has 0 aliphatic heterocycles. The van der Waals surface area contributed by atoms with Crippen molar-refractivity contribution in [3.05, 3.63) is 78.8 Å². The molecule has 172 valence electrons. The van der Waals surface area contributed by atoms with Gasteiger partial charge in [0, 0.05) is 24.0 Å². The number of hydrogen-bond acceptors (Lipinski definition) is 7. The van der Waals surface area contributed by atoms with Crippen LogP contribution in [0.2, 0.25) is 0 Å². The Morgan fingerprint density at radius 3 is 2.47 bits per heavy atom. The lowest BCUT2D eigenvalue weighted by atomic mass is 10.1. The lowest BCUT2D eigenvalue weighted by Crippen LogP contribution is -2.29. The van der Waals surface area contributed by atoms with Crippen molar-refractivity contribution in [2.75, 3.05) is 17.7 Å². The number of carbonyl (C=O) groups excluding carboxylic acids is 3. The van der Waals surface area contributed by atoms with Crippen LogP contribution in [0.1, 0.15) is 16.1 Å². The molecular weight excluding hydrogens is 440 g/mol. The standard InChI is InChI=1S/C23H20N6O5/c1-33-19-8-16(5-6-17(19)20-11-25-13-34-20)29-23(32)22(31)28-15-4-2-3-14(7-15)9-26-21(30)18-10-24-12-27-18/h2-8,10-13H,9H2,1H3,(H,24,27)(H,26,30)(H,28,31)(H,29,32). The highest BCUT2D eigenvalue weighted by molar-refractivity contribution is 6.43. The van der Waals surface area contributed by atoms with Crippen LogP contribution >= 0.6 is 0 Å². The van der Waals surface area contributed by atoms with Crippen molar-refractivity contribution >= 4 is 29.1 Å². The minimum atomic E-state index is -0.854. The summed E-state index contributed by atoms with van der Waals surface area (Å²) in [6.45, 7) is 0.227. The van der Waals surface area contributed by atoms with Gasteiger partial charge in [-0.05, 0) is 29.8 Å². The minimum absolute atomic E-state index is 0.227. The van der Waals surface area contributed by atoms with E-state index >= 15 is 0 Å². The van der Waals surface area contributed by atoms with E-state index in [0.29, 0.717) is 34.1 Å². The van der Waals surface area contributed by atoms with E-state index in [0.717, 1.165) is 5.56 Å². The number of aromatic amines is 1. The fourth-order valence-corrected chi connectivity index (χ4v) is 3.11. The third kappa shape index (κ3) is 5.27. The Labute approximate surface area is 193 Å². The molecular formula is C23H20N6O5. The molecule has 2 heterocycles. The summed E-state index contributed by atoms with van der Waals surface area (Å²) in [6.07, 6.45) is 5.68. The van der Waals surface area contributed by atoms with Crippen molar-refractivity contribution in [2.24, 2.45) is 0 Å². The van der Waals surface area contributed by atoms with E-state index in [1.807, 2.05) is 0 Å². The van der Waals surface area contributed by atoms with Crippen LogP contribution in [0.25, 0.3) is 11.3 Å². The number of aromatic nitrogens is 3. The molecule has 4 aromatic rings. The van der Waals surface area contributed by atoms with Crippen LogP contribution < -0.4 is 20.7 Å². The van der Waals surface area contributed by atoms with Gasteiger partial charge in [0.05, 0.1) is 31.4 Å². The summed E-state index contributed by atoms with van der Waals surface area (Å²) in [5.41, 5.74) is 2.51. The van der Waals surface area contributed by atoms with Gasteiger partial charge in [0.1, 0.15) is 11.4 Å². The van der Waals surface area contributed by atoms with Crippen molar-refractivity contribution in [1.29, 1.82) is 0 Å². The Hall–Kier alpha value is -4.93. The van der Waals surface area contributed by atoms with Gasteiger partial charge in [0.15, 0.2) is 12.2 Å². The molecule has 0 saturated carbocycles. The molecule has 3 amide bonds. The van der Waals surface area contributed by atoms with E-state index < -0.39 is 11.8 Å². The van der Waals surface area contributed by atoms with E-state index in [-0.39, 0.29) is 12.5 Å². The number of nitrogens with one attached hydrogen (secondary N) is 4. The highest BCUT2D eigenvalue weighted by Crippen LogP contribution is 2.32. The summed E-state index contributed by atoms with van der Waals surface area (Å²) in [7, 11) is 1.48. The first-order chi connectivity index (χ1) is 16.5. The van der Waals surface area contributed by atoms with E-state index in [9.17, 15) is 14.4 Å². The van der Waals surface area contributed by atoms with Gasteiger partial charge in [0.25, 0.3) is 5.91 Å². The van der Waals surface area contributed by atoms with Crippen LogP contribution in [0.3, 0.4) is 0 Å². The zero-order valence-corrected chi connectivity index (χ0v) is 18.0. The summed E-state index contributed by atoms with van der Waals surface area (Å²) in [5.74, 6) is -1.06. The first-order valence-electron chi connectivity index (χ1n) is 10.1. The third-order valence-electron chi connectivity index (χ3n) is 4.74. The van der Waals surface area contributed by atoms with Crippen molar-refractivity contribution in [3.8, 4) is 17.1 Å². The predicted octanol–water partition coefficient (Wildman–Crippen LogP) is 2.58. The number of amides is 3. The molecule has 34 heavy (non-hydrogen) atoms. The highest BCUT2D eigenvalue weighted by atomic mass is 16.5. The van der Waals surface area contributed by atoms with E-state index in [1.165, 1.54) is 26.0 Å². The fourth-order valence-electron chi connectivity index (χ4n) is 3.11. The normalized spacial score (nSPS) is 10.4. The van der Waals surface area contributed by atoms with Crippen molar-refractivity contribution < 1.29 is 23.5 Å². The Kier molecular flexibility index (Phi) is 6.63.